The second-order valence-electron chi connectivity index (χ2n) is 4.27. The number of benzene rings is 2. The number of halogens is 1. The van der Waals surface area contributed by atoms with E-state index in [4.69, 9.17) is 16.3 Å². The minimum absolute atomic E-state index is 0.262. The van der Waals surface area contributed by atoms with Gasteiger partial charge in [0.15, 0.2) is 0 Å². The fraction of sp³-hybridized carbons (Fsp3) is 0.200. The monoisotopic (exact) mass is 277 g/mol. The maximum atomic E-state index is 9.38. The molecule has 0 amide bonds. The van der Waals surface area contributed by atoms with Gasteiger partial charge in [-0.25, -0.2) is 0 Å². The quantitative estimate of drug-likeness (QED) is 0.831. The van der Waals surface area contributed by atoms with Gasteiger partial charge in [-0.05, 0) is 42.8 Å². The summed E-state index contributed by atoms with van der Waals surface area (Å²) in [5, 5.41) is 13.3. The Morgan fingerprint density at radius 2 is 2.05 bits per heavy atom. The largest absolute Gasteiger partial charge is 0.508 e. The maximum absolute atomic E-state index is 9.38. The number of anilines is 1. The summed E-state index contributed by atoms with van der Waals surface area (Å²) in [4.78, 5) is 0. The Labute approximate surface area is 117 Å². The first-order valence-electron chi connectivity index (χ1n) is 5.96. The Morgan fingerprint density at radius 3 is 2.74 bits per heavy atom. The number of hydrogen-bond donors (Lipinski definition) is 2. The molecule has 19 heavy (non-hydrogen) atoms. The van der Waals surface area contributed by atoms with E-state index in [1.807, 2.05) is 31.2 Å². The molecule has 3 nitrogen and oxygen atoms in total. The molecule has 0 radical (unpaired) electrons. The Kier molecular flexibility index (Phi) is 4.17. The number of hydrogen-bond acceptors (Lipinski definition) is 3. The number of methoxy groups -OCH3 is 1. The van der Waals surface area contributed by atoms with E-state index >= 15 is 0 Å². The van der Waals surface area contributed by atoms with Crippen molar-refractivity contribution in [3.8, 4) is 11.5 Å². The van der Waals surface area contributed by atoms with Crippen molar-refractivity contribution in [1.82, 2.24) is 0 Å². The molecule has 0 fully saturated rings. The van der Waals surface area contributed by atoms with E-state index in [2.05, 4.69) is 5.32 Å². The molecule has 0 aliphatic heterocycles. The summed E-state index contributed by atoms with van der Waals surface area (Å²) in [6, 6.07) is 10.8. The molecule has 0 saturated heterocycles. The van der Waals surface area contributed by atoms with Gasteiger partial charge in [-0.2, -0.15) is 0 Å². The van der Waals surface area contributed by atoms with E-state index in [-0.39, 0.29) is 5.75 Å². The summed E-state index contributed by atoms with van der Waals surface area (Å²) in [6.07, 6.45) is 0. The normalized spacial score (nSPS) is 10.3. The summed E-state index contributed by atoms with van der Waals surface area (Å²) in [7, 11) is 1.63. The molecule has 0 aliphatic rings. The molecule has 0 heterocycles. The molecule has 0 unspecified atom stereocenters. The van der Waals surface area contributed by atoms with E-state index in [1.54, 1.807) is 19.2 Å². The molecule has 2 aromatic rings. The van der Waals surface area contributed by atoms with Crippen molar-refractivity contribution < 1.29 is 9.84 Å². The zero-order valence-electron chi connectivity index (χ0n) is 10.9. The molecule has 0 saturated carbocycles. The number of nitrogens with one attached hydrogen (secondary N) is 1. The number of rotatable bonds is 4. The van der Waals surface area contributed by atoms with Crippen LogP contribution in [0.3, 0.4) is 0 Å². The second-order valence-corrected chi connectivity index (χ2v) is 4.68. The Morgan fingerprint density at radius 1 is 1.26 bits per heavy atom. The molecule has 100 valence electrons. The molecule has 2 N–H and O–H groups in total. The van der Waals surface area contributed by atoms with Gasteiger partial charge in [0.1, 0.15) is 11.5 Å². The lowest BCUT2D eigenvalue weighted by atomic mass is 10.1. The van der Waals surface area contributed by atoms with Gasteiger partial charge >= 0.3 is 0 Å². The van der Waals surface area contributed by atoms with E-state index < -0.39 is 0 Å². The van der Waals surface area contributed by atoms with Crippen LogP contribution in [0, 0.1) is 6.92 Å². The third-order valence-electron chi connectivity index (χ3n) is 2.96. The molecule has 0 spiro atoms. The van der Waals surface area contributed by atoms with Crippen molar-refractivity contribution in [3.63, 3.8) is 0 Å². The summed E-state index contributed by atoms with van der Waals surface area (Å²) < 4.78 is 5.30. The van der Waals surface area contributed by atoms with E-state index in [0.717, 1.165) is 22.6 Å². The molecular weight excluding hydrogens is 262 g/mol. The summed E-state index contributed by atoms with van der Waals surface area (Å²) in [6.45, 7) is 2.50. The molecule has 2 rings (SSSR count). The molecule has 0 aromatic heterocycles. The lowest BCUT2D eigenvalue weighted by Gasteiger charge is -2.13. The maximum Gasteiger partial charge on any atom is 0.125 e. The van der Waals surface area contributed by atoms with Crippen LogP contribution in [0.2, 0.25) is 5.02 Å². The van der Waals surface area contributed by atoms with Gasteiger partial charge in [-0.3, -0.25) is 0 Å². The highest BCUT2D eigenvalue weighted by Crippen LogP contribution is 2.28. The summed E-state index contributed by atoms with van der Waals surface area (Å²) in [5.41, 5.74) is 2.85. The fourth-order valence-corrected chi connectivity index (χ4v) is 2.16. The van der Waals surface area contributed by atoms with E-state index in [1.165, 1.54) is 0 Å². The van der Waals surface area contributed by atoms with Crippen molar-refractivity contribution in [1.29, 1.82) is 0 Å². The van der Waals surface area contributed by atoms with Crippen molar-refractivity contribution >= 4 is 17.3 Å². The van der Waals surface area contributed by atoms with Crippen LogP contribution < -0.4 is 10.1 Å². The minimum Gasteiger partial charge on any atom is -0.508 e. The first-order chi connectivity index (χ1) is 9.11. The summed E-state index contributed by atoms with van der Waals surface area (Å²) in [5.74, 6) is 1.02. The molecular formula is C15H16ClNO2. The first kappa shape index (κ1) is 13.6. The minimum atomic E-state index is 0.262. The van der Waals surface area contributed by atoms with E-state index in [9.17, 15) is 5.11 Å². The lowest BCUT2D eigenvalue weighted by Crippen LogP contribution is -2.03. The zero-order chi connectivity index (χ0) is 13.8. The predicted molar refractivity (Wildman–Crippen MR) is 78.2 cm³/mol. The van der Waals surface area contributed by atoms with E-state index in [0.29, 0.717) is 11.6 Å². The van der Waals surface area contributed by atoms with Crippen LogP contribution in [-0.4, -0.2) is 12.2 Å². The summed E-state index contributed by atoms with van der Waals surface area (Å²) >= 11 is 6.18. The SMILES string of the molecule is COc1cccc(Cl)c1CNc1ccc(O)cc1C. The van der Waals surface area contributed by atoms with Crippen LogP contribution in [0.15, 0.2) is 36.4 Å². The number of ether oxygens (including phenoxy) is 1. The third kappa shape index (κ3) is 3.12. The van der Waals surface area contributed by atoms with Crippen LogP contribution in [0.25, 0.3) is 0 Å². The van der Waals surface area contributed by atoms with Crippen molar-refractivity contribution in [2.45, 2.75) is 13.5 Å². The van der Waals surface area contributed by atoms with Crippen LogP contribution in [0.5, 0.6) is 11.5 Å². The molecule has 4 heteroatoms. The van der Waals surface area contributed by atoms with Crippen LogP contribution in [0.4, 0.5) is 5.69 Å². The number of phenols is 1. The predicted octanol–water partition coefficient (Wildman–Crippen LogP) is 3.97. The molecule has 0 bridgehead atoms. The standard InChI is InChI=1S/C15H16ClNO2/c1-10-8-11(18)6-7-14(10)17-9-12-13(16)4-3-5-15(12)19-2/h3-8,17-18H,9H2,1-2H3. The lowest BCUT2D eigenvalue weighted by molar-refractivity contribution is 0.410. The van der Waals surface area contributed by atoms with Gasteiger partial charge in [-0.1, -0.05) is 17.7 Å². The average Bonchev–Trinajstić information content (AvgIpc) is 2.39. The van der Waals surface area contributed by atoms with Gasteiger partial charge in [0.05, 0.1) is 7.11 Å². The number of aromatic hydroxyl groups is 1. The van der Waals surface area contributed by atoms with Crippen LogP contribution in [0.1, 0.15) is 11.1 Å². The molecule has 0 aliphatic carbocycles. The number of phenolic OH excluding ortho intramolecular Hbond substituents is 1. The molecule has 2 aromatic carbocycles. The Balaban J connectivity index is 2.19. The van der Waals surface area contributed by atoms with Gasteiger partial charge in [0, 0.05) is 22.8 Å². The van der Waals surface area contributed by atoms with Gasteiger partial charge in [0.2, 0.25) is 0 Å². The Bertz CT molecular complexity index is 584. The second kappa shape index (κ2) is 5.85. The fourth-order valence-electron chi connectivity index (χ4n) is 1.93. The van der Waals surface area contributed by atoms with Crippen LogP contribution in [-0.2, 0) is 6.54 Å². The molecule has 0 atom stereocenters. The van der Waals surface area contributed by atoms with Gasteiger partial charge < -0.3 is 15.2 Å². The van der Waals surface area contributed by atoms with Gasteiger partial charge in [-0.15, -0.1) is 0 Å². The highest BCUT2D eigenvalue weighted by Gasteiger charge is 2.08. The van der Waals surface area contributed by atoms with Crippen molar-refractivity contribution in [2.75, 3.05) is 12.4 Å². The van der Waals surface area contributed by atoms with Crippen molar-refractivity contribution in [2.24, 2.45) is 0 Å². The van der Waals surface area contributed by atoms with Gasteiger partial charge in [0.25, 0.3) is 0 Å². The highest BCUT2D eigenvalue weighted by molar-refractivity contribution is 6.31. The zero-order valence-corrected chi connectivity index (χ0v) is 11.7. The topological polar surface area (TPSA) is 41.5 Å². The smallest absolute Gasteiger partial charge is 0.125 e. The number of aryl methyl sites for hydroxylation is 1. The average molecular weight is 278 g/mol. The van der Waals surface area contributed by atoms with Crippen LogP contribution >= 0.6 is 11.6 Å². The third-order valence-corrected chi connectivity index (χ3v) is 3.32. The Hall–Kier alpha value is -1.87. The van der Waals surface area contributed by atoms with Crippen molar-refractivity contribution in [3.05, 3.63) is 52.5 Å². The first-order valence-corrected chi connectivity index (χ1v) is 6.34. The highest BCUT2D eigenvalue weighted by atomic mass is 35.5.